The number of para-hydroxylation sites is 1. The Balaban J connectivity index is 1.40. The van der Waals surface area contributed by atoms with Crippen molar-refractivity contribution >= 4 is 40.3 Å². The molecule has 0 fully saturated rings. The summed E-state index contributed by atoms with van der Waals surface area (Å²) in [5.41, 5.74) is 8.42. The number of nitrogens with one attached hydrogen (secondary N) is 2. The quantitative estimate of drug-likeness (QED) is 0.331. The largest absolute Gasteiger partial charge is 0.322 e. The molecule has 0 atom stereocenters. The predicted octanol–water partition coefficient (Wildman–Crippen LogP) is 6.33. The normalized spacial score (nSPS) is 11.0. The molecule has 5 aromatic rings. The van der Waals surface area contributed by atoms with E-state index in [-0.39, 0.29) is 5.91 Å². The molecule has 5 nitrogen and oxygen atoms in total. The van der Waals surface area contributed by atoms with Crippen molar-refractivity contribution in [3.8, 4) is 0 Å². The minimum Gasteiger partial charge on any atom is -0.322 e. The summed E-state index contributed by atoms with van der Waals surface area (Å²) in [6.07, 6.45) is 4.07. The first-order valence-electron chi connectivity index (χ1n) is 10.7. The van der Waals surface area contributed by atoms with E-state index >= 15 is 0 Å². The molecule has 4 aromatic carbocycles. The van der Waals surface area contributed by atoms with Crippen LogP contribution >= 0.6 is 0 Å². The van der Waals surface area contributed by atoms with Crippen LogP contribution in [0.2, 0.25) is 0 Å². The molecule has 0 saturated carbocycles. The zero-order valence-electron chi connectivity index (χ0n) is 17.8. The van der Waals surface area contributed by atoms with Gasteiger partial charge in [-0.1, -0.05) is 78.9 Å². The molecule has 33 heavy (non-hydrogen) atoms. The molecular formula is C28H22N4O. The van der Waals surface area contributed by atoms with Gasteiger partial charge in [-0.2, -0.15) is 9.89 Å². The third-order valence-corrected chi connectivity index (χ3v) is 5.24. The molecule has 1 heterocycles. The second kappa shape index (κ2) is 9.24. The van der Waals surface area contributed by atoms with Gasteiger partial charge in [0, 0.05) is 16.6 Å². The van der Waals surface area contributed by atoms with Gasteiger partial charge >= 0.3 is 0 Å². The lowest BCUT2D eigenvalue weighted by molar-refractivity contribution is 0.102. The Bertz CT molecular complexity index is 1420. The number of rotatable bonds is 6. The van der Waals surface area contributed by atoms with Crippen LogP contribution in [-0.2, 0) is 0 Å². The van der Waals surface area contributed by atoms with Crippen molar-refractivity contribution in [2.45, 2.75) is 0 Å². The molecule has 0 radical (unpaired) electrons. The molecule has 1 aromatic heterocycles. The van der Waals surface area contributed by atoms with Crippen LogP contribution in [0.3, 0.4) is 0 Å². The van der Waals surface area contributed by atoms with Crippen molar-refractivity contribution in [3.63, 3.8) is 0 Å². The van der Waals surface area contributed by atoms with Gasteiger partial charge in [-0.15, -0.1) is 0 Å². The van der Waals surface area contributed by atoms with E-state index in [0.29, 0.717) is 11.3 Å². The average molecular weight is 431 g/mol. The number of carbonyl (C=O) groups excluding carboxylic acids is 1. The van der Waals surface area contributed by atoms with Gasteiger partial charge in [-0.25, -0.2) is 0 Å². The third-order valence-electron chi connectivity index (χ3n) is 5.24. The van der Waals surface area contributed by atoms with E-state index in [1.165, 1.54) is 0 Å². The SMILES string of the molecule is O=C(Nc1cccc(Nn2nc(C=Cc3ccccc3)c3ccccc32)c1)c1ccccc1. The van der Waals surface area contributed by atoms with Crippen molar-refractivity contribution < 1.29 is 4.79 Å². The highest BCUT2D eigenvalue weighted by Crippen LogP contribution is 2.22. The van der Waals surface area contributed by atoms with Crippen LogP contribution in [0.25, 0.3) is 23.1 Å². The van der Waals surface area contributed by atoms with Crippen LogP contribution in [-0.4, -0.2) is 15.8 Å². The Labute approximate surface area is 192 Å². The van der Waals surface area contributed by atoms with Crippen molar-refractivity contribution in [3.05, 3.63) is 126 Å². The summed E-state index contributed by atoms with van der Waals surface area (Å²) in [5.74, 6) is -0.148. The van der Waals surface area contributed by atoms with Gasteiger partial charge in [-0.3, -0.25) is 10.2 Å². The molecule has 160 valence electrons. The molecule has 2 N–H and O–H groups in total. The lowest BCUT2D eigenvalue weighted by atomic mass is 10.1. The lowest BCUT2D eigenvalue weighted by Gasteiger charge is -2.10. The molecule has 5 heteroatoms. The second-order valence-corrected chi connectivity index (χ2v) is 7.57. The van der Waals surface area contributed by atoms with E-state index in [9.17, 15) is 4.79 Å². The Kier molecular flexibility index (Phi) is 5.68. The maximum Gasteiger partial charge on any atom is 0.255 e. The summed E-state index contributed by atoms with van der Waals surface area (Å²) in [4.78, 5) is 14.3. The fourth-order valence-electron chi connectivity index (χ4n) is 3.62. The zero-order chi connectivity index (χ0) is 22.5. The maximum atomic E-state index is 12.5. The highest BCUT2D eigenvalue weighted by Gasteiger charge is 2.09. The van der Waals surface area contributed by atoms with Gasteiger partial charge in [0.15, 0.2) is 0 Å². The number of anilines is 2. The number of nitrogens with zero attached hydrogens (tertiary/aromatic N) is 2. The Morgan fingerprint density at radius 2 is 1.42 bits per heavy atom. The fourth-order valence-corrected chi connectivity index (χ4v) is 3.62. The van der Waals surface area contributed by atoms with E-state index in [1.54, 1.807) is 16.9 Å². The molecule has 0 unspecified atom stereocenters. The number of fused-ring (bicyclic) bond motifs is 1. The molecule has 0 aliphatic carbocycles. The number of aromatic nitrogens is 2. The van der Waals surface area contributed by atoms with Crippen LogP contribution in [0.15, 0.2) is 109 Å². The van der Waals surface area contributed by atoms with E-state index in [0.717, 1.165) is 27.8 Å². The summed E-state index contributed by atoms with van der Waals surface area (Å²) < 4.78 is 0. The zero-order valence-corrected chi connectivity index (χ0v) is 17.8. The maximum absolute atomic E-state index is 12.5. The van der Waals surface area contributed by atoms with Crippen LogP contribution in [0.1, 0.15) is 21.6 Å². The van der Waals surface area contributed by atoms with Gasteiger partial charge in [-0.05, 0) is 48.0 Å². The first-order valence-corrected chi connectivity index (χ1v) is 10.7. The third kappa shape index (κ3) is 4.67. The topological polar surface area (TPSA) is 59.0 Å². The fraction of sp³-hybridized carbons (Fsp3) is 0. The Morgan fingerprint density at radius 3 is 2.24 bits per heavy atom. The molecule has 1 amide bonds. The van der Waals surface area contributed by atoms with Gasteiger partial charge in [0.05, 0.1) is 16.9 Å². The van der Waals surface area contributed by atoms with Crippen molar-refractivity contribution in [2.24, 2.45) is 0 Å². The first kappa shape index (κ1) is 20.3. The predicted molar refractivity (Wildman–Crippen MR) is 135 cm³/mol. The highest BCUT2D eigenvalue weighted by molar-refractivity contribution is 6.04. The van der Waals surface area contributed by atoms with Crippen LogP contribution in [0, 0.1) is 0 Å². The Hall–Kier alpha value is -4.64. The van der Waals surface area contributed by atoms with Gasteiger partial charge in [0.25, 0.3) is 5.91 Å². The van der Waals surface area contributed by atoms with Crippen molar-refractivity contribution in [1.29, 1.82) is 0 Å². The van der Waals surface area contributed by atoms with Crippen LogP contribution in [0.5, 0.6) is 0 Å². The number of amides is 1. The molecule has 0 aliphatic rings. The summed E-state index contributed by atoms with van der Waals surface area (Å²) in [6.45, 7) is 0. The molecule has 5 rings (SSSR count). The molecule has 0 aliphatic heterocycles. The molecular weight excluding hydrogens is 408 g/mol. The van der Waals surface area contributed by atoms with Gasteiger partial charge in [0.1, 0.15) is 0 Å². The van der Waals surface area contributed by atoms with Crippen LogP contribution < -0.4 is 10.7 Å². The summed E-state index contributed by atoms with van der Waals surface area (Å²) >= 11 is 0. The van der Waals surface area contributed by atoms with Gasteiger partial charge in [0.2, 0.25) is 0 Å². The number of hydrogen-bond donors (Lipinski definition) is 2. The lowest BCUT2D eigenvalue weighted by Crippen LogP contribution is -2.13. The number of carbonyl (C=O) groups is 1. The minimum atomic E-state index is -0.148. The van der Waals surface area contributed by atoms with Crippen molar-refractivity contribution in [2.75, 3.05) is 10.7 Å². The summed E-state index contributed by atoms with van der Waals surface area (Å²) in [6, 6.07) is 35.0. The van der Waals surface area contributed by atoms with E-state index in [1.807, 2.05) is 84.9 Å². The average Bonchev–Trinajstić information content (AvgIpc) is 3.21. The summed E-state index contributed by atoms with van der Waals surface area (Å²) in [7, 11) is 0. The molecule has 0 bridgehead atoms. The second-order valence-electron chi connectivity index (χ2n) is 7.57. The standard InChI is InChI=1S/C28H22N4O/c33-28(22-12-5-2-6-13-22)29-23-14-9-15-24(20-23)30-32-27-17-8-7-16-25(27)26(31-32)19-18-21-10-3-1-4-11-21/h1-20,30H,(H,29,33). The smallest absolute Gasteiger partial charge is 0.255 e. The van der Waals surface area contributed by atoms with E-state index < -0.39 is 0 Å². The van der Waals surface area contributed by atoms with E-state index in [4.69, 9.17) is 5.10 Å². The number of hydrogen-bond acceptors (Lipinski definition) is 3. The monoisotopic (exact) mass is 430 g/mol. The van der Waals surface area contributed by atoms with Gasteiger partial charge < -0.3 is 5.32 Å². The number of benzene rings is 4. The van der Waals surface area contributed by atoms with Crippen molar-refractivity contribution in [1.82, 2.24) is 9.89 Å². The first-order chi connectivity index (χ1) is 16.3. The molecule has 0 spiro atoms. The minimum absolute atomic E-state index is 0.148. The van der Waals surface area contributed by atoms with E-state index in [2.05, 4.69) is 35.0 Å². The Morgan fingerprint density at radius 1 is 0.727 bits per heavy atom. The molecule has 0 saturated heterocycles. The van der Waals surface area contributed by atoms with Crippen LogP contribution in [0.4, 0.5) is 11.4 Å². The summed E-state index contributed by atoms with van der Waals surface area (Å²) in [5, 5.41) is 8.76. The highest BCUT2D eigenvalue weighted by atomic mass is 16.1.